The van der Waals surface area contributed by atoms with E-state index in [0.29, 0.717) is 5.92 Å². The smallest absolute Gasteiger partial charge is 0.147 e. The number of likely N-dealkylation sites (tertiary alicyclic amines) is 1. The molecule has 0 spiro atoms. The third kappa shape index (κ3) is 3.35. The van der Waals surface area contributed by atoms with E-state index in [1.54, 1.807) is 6.26 Å². The van der Waals surface area contributed by atoms with Crippen LogP contribution in [0.25, 0.3) is 0 Å². The van der Waals surface area contributed by atoms with Gasteiger partial charge in [-0.2, -0.15) is 0 Å². The molecular weight excluding hydrogens is 238 g/mol. The van der Waals surface area contributed by atoms with Gasteiger partial charge in [0, 0.05) is 17.2 Å². The summed E-state index contributed by atoms with van der Waals surface area (Å²) in [7, 11) is 0. The van der Waals surface area contributed by atoms with E-state index in [0.717, 1.165) is 11.7 Å². The molecule has 4 nitrogen and oxygen atoms in total. The summed E-state index contributed by atoms with van der Waals surface area (Å²) < 4.78 is 4.90. The SMILES string of the molecule is c1onnc1C1CCCC(N2CCCCCC2)CC1. The standard InChI is InChI=1S/C15H25N3O/c1-2-4-11-18(10-3-1)14-7-5-6-13(8-9-14)15-12-19-17-16-15/h12-14H,1-11H2. The summed E-state index contributed by atoms with van der Waals surface area (Å²) in [6.07, 6.45) is 13.9. The van der Waals surface area contributed by atoms with Crippen molar-refractivity contribution in [1.29, 1.82) is 0 Å². The Balaban J connectivity index is 1.57. The van der Waals surface area contributed by atoms with Crippen molar-refractivity contribution in [3.63, 3.8) is 0 Å². The lowest BCUT2D eigenvalue weighted by Crippen LogP contribution is -2.35. The van der Waals surface area contributed by atoms with Crippen molar-refractivity contribution in [2.24, 2.45) is 0 Å². The molecule has 2 unspecified atom stereocenters. The molecular formula is C15H25N3O. The van der Waals surface area contributed by atoms with Crippen LogP contribution in [-0.4, -0.2) is 34.4 Å². The molecule has 1 saturated carbocycles. The molecule has 2 aliphatic rings. The average Bonchev–Trinajstić information content (AvgIpc) is 2.69. The minimum absolute atomic E-state index is 0.572. The monoisotopic (exact) mass is 263 g/mol. The third-order valence-corrected chi connectivity index (χ3v) is 4.89. The molecule has 2 heterocycles. The van der Waals surface area contributed by atoms with Gasteiger partial charge in [-0.1, -0.05) is 19.3 Å². The highest BCUT2D eigenvalue weighted by molar-refractivity contribution is 5.00. The predicted octanol–water partition coefficient (Wildman–Crippen LogP) is 3.36. The number of aromatic nitrogens is 2. The zero-order valence-electron chi connectivity index (χ0n) is 11.8. The molecule has 0 aromatic carbocycles. The molecule has 0 radical (unpaired) electrons. The quantitative estimate of drug-likeness (QED) is 0.767. The fourth-order valence-corrected chi connectivity index (χ4v) is 3.75. The van der Waals surface area contributed by atoms with Crippen LogP contribution in [-0.2, 0) is 0 Å². The Morgan fingerprint density at radius 2 is 1.79 bits per heavy atom. The van der Waals surface area contributed by atoms with Crippen molar-refractivity contribution in [2.75, 3.05) is 13.1 Å². The van der Waals surface area contributed by atoms with Gasteiger partial charge in [-0.15, -0.1) is 5.10 Å². The summed E-state index contributed by atoms with van der Waals surface area (Å²) in [5.41, 5.74) is 1.07. The number of nitrogens with zero attached hydrogens (tertiary/aromatic N) is 3. The van der Waals surface area contributed by atoms with Gasteiger partial charge in [0.1, 0.15) is 12.0 Å². The first-order chi connectivity index (χ1) is 9.43. The van der Waals surface area contributed by atoms with Crippen LogP contribution in [0.1, 0.15) is 69.4 Å². The first-order valence-electron chi connectivity index (χ1n) is 7.94. The van der Waals surface area contributed by atoms with E-state index < -0.39 is 0 Å². The van der Waals surface area contributed by atoms with Crippen LogP contribution >= 0.6 is 0 Å². The van der Waals surface area contributed by atoms with Gasteiger partial charge in [-0.25, -0.2) is 0 Å². The van der Waals surface area contributed by atoms with Crippen molar-refractivity contribution < 1.29 is 4.52 Å². The van der Waals surface area contributed by atoms with E-state index in [1.165, 1.54) is 70.9 Å². The van der Waals surface area contributed by atoms with E-state index in [9.17, 15) is 0 Å². The van der Waals surface area contributed by atoms with Gasteiger partial charge in [0.15, 0.2) is 0 Å². The van der Waals surface area contributed by atoms with Gasteiger partial charge in [-0.05, 0) is 51.6 Å². The molecule has 1 saturated heterocycles. The van der Waals surface area contributed by atoms with E-state index in [-0.39, 0.29) is 0 Å². The Kier molecular flexibility index (Phi) is 4.49. The van der Waals surface area contributed by atoms with Crippen molar-refractivity contribution >= 4 is 0 Å². The zero-order valence-corrected chi connectivity index (χ0v) is 11.8. The number of hydrogen-bond acceptors (Lipinski definition) is 4. The molecule has 2 fully saturated rings. The van der Waals surface area contributed by atoms with Crippen molar-refractivity contribution in [2.45, 2.75) is 69.7 Å². The van der Waals surface area contributed by atoms with Crippen LogP contribution in [0.2, 0.25) is 0 Å². The van der Waals surface area contributed by atoms with Gasteiger partial charge in [-0.3, -0.25) is 0 Å². The van der Waals surface area contributed by atoms with Crippen LogP contribution in [0, 0.1) is 0 Å². The Hall–Kier alpha value is -0.900. The normalized spacial score (nSPS) is 30.7. The van der Waals surface area contributed by atoms with Crippen LogP contribution in [0.4, 0.5) is 0 Å². The number of hydrogen-bond donors (Lipinski definition) is 0. The maximum absolute atomic E-state index is 4.90. The van der Waals surface area contributed by atoms with Crippen molar-refractivity contribution in [3.8, 4) is 0 Å². The summed E-state index contributed by atoms with van der Waals surface area (Å²) in [6, 6.07) is 0.808. The Labute approximate surface area is 115 Å². The van der Waals surface area contributed by atoms with Crippen LogP contribution in [0.5, 0.6) is 0 Å². The molecule has 1 aliphatic heterocycles. The largest absolute Gasteiger partial charge is 0.345 e. The molecule has 0 amide bonds. The lowest BCUT2D eigenvalue weighted by atomic mass is 9.97. The van der Waals surface area contributed by atoms with Crippen LogP contribution in [0.15, 0.2) is 10.8 Å². The summed E-state index contributed by atoms with van der Waals surface area (Å²) in [5.74, 6) is 0.572. The van der Waals surface area contributed by atoms with Gasteiger partial charge < -0.3 is 9.42 Å². The third-order valence-electron chi connectivity index (χ3n) is 4.89. The summed E-state index contributed by atoms with van der Waals surface area (Å²) in [5, 5.41) is 7.72. The molecule has 0 bridgehead atoms. The minimum atomic E-state index is 0.572. The van der Waals surface area contributed by atoms with E-state index >= 15 is 0 Å². The first-order valence-corrected chi connectivity index (χ1v) is 7.94. The molecule has 3 rings (SSSR count). The fourth-order valence-electron chi connectivity index (χ4n) is 3.75. The van der Waals surface area contributed by atoms with Crippen LogP contribution in [0.3, 0.4) is 0 Å². The summed E-state index contributed by atoms with van der Waals surface area (Å²) in [6.45, 7) is 2.64. The molecule has 0 N–H and O–H groups in total. The minimum Gasteiger partial charge on any atom is -0.345 e. The maximum atomic E-state index is 4.90. The molecule has 4 heteroatoms. The zero-order chi connectivity index (χ0) is 12.9. The lowest BCUT2D eigenvalue weighted by molar-refractivity contribution is 0.185. The number of rotatable bonds is 2. The second-order valence-corrected chi connectivity index (χ2v) is 6.14. The fraction of sp³-hybridized carbons (Fsp3) is 0.867. The highest BCUT2D eigenvalue weighted by Gasteiger charge is 2.26. The second-order valence-electron chi connectivity index (χ2n) is 6.14. The highest BCUT2D eigenvalue weighted by atomic mass is 16.5. The molecule has 1 aromatic heterocycles. The lowest BCUT2D eigenvalue weighted by Gasteiger charge is -2.29. The van der Waals surface area contributed by atoms with Gasteiger partial charge >= 0.3 is 0 Å². The van der Waals surface area contributed by atoms with Gasteiger partial charge in [0.25, 0.3) is 0 Å². The van der Waals surface area contributed by atoms with Crippen LogP contribution < -0.4 is 0 Å². The molecule has 2 atom stereocenters. The molecule has 1 aliphatic carbocycles. The van der Waals surface area contributed by atoms with Crippen molar-refractivity contribution in [1.82, 2.24) is 15.3 Å². The molecule has 1 aromatic rings. The second kappa shape index (κ2) is 6.51. The maximum Gasteiger partial charge on any atom is 0.147 e. The van der Waals surface area contributed by atoms with Crippen molar-refractivity contribution in [3.05, 3.63) is 12.0 Å². The Morgan fingerprint density at radius 1 is 0.947 bits per heavy atom. The predicted molar refractivity (Wildman–Crippen MR) is 74.0 cm³/mol. The topological polar surface area (TPSA) is 42.2 Å². The van der Waals surface area contributed by atoms with Gasteiger partial charge in [0.05, 0.1) is 0 Å². The molecule has 106 valence electrons. The average molecular weight is 263 g/mol. The molecule has 19 heavy (non-hydrogen) atoms. The van der Waals surface area contributed by atoms with E-state index in [4.69, 9.17) is 4.52 Å². The first kappa shape index (κ1) is 13.1. The van der Waals surface area contributed by atoms with E-state index in [2.05, 4.69) is 15.3 Å². The van der Waals surface area contributed by atoms with E-state index in [1.807, 2.05) is 0 Å². The van der Waals surface area contributed by atoms with Gasteiger partial charge in [0.2, 0.25) is 0 Å². The highest BCUT2D eigenvalue weighted by Crippen LogP contribution is 2.32. The Morgan fingerprint density at radius 3 is 2.53 bits per heavy atom. The summed E-state index contributed by atoms with van der Waals surface area (Å²) >= 11 is 0. The summed E-state index contributed by atoms with van der Waals surface area (Å²) in [4.78, 5) is 2.76. The Bertz CT molecular complexity index is 357.